The molecule has 0 amide bonds. The lowest BCUT2D eigenvalue weighted by Crippen LogP contribution is -2.23. The molecule has 1 N–H and O–H groups in total. The normalized spacial score (nSPS) is 13.7. The van der Waals surface area contributed by atoms with Crippen LogP contribution in [0.25, 0.3) is 0 Å². The standard InChI is InChI=1S/C16H17FN2O2/c1-11(13-7-3-5-9-15(13)17)18-12(2)14-8-4-6-10-16(14)19(20)21/h3-12,18H,1-2H3. The van der Waals surface area contributed by atoms with Gasteiger partial charge in [0.05, 0.1) is 4.92 Å². The molecule has 0 radical (unpaired) electrons. The molecule has 2 aromatic carbocycles. The second-order valence-corrected chi connectivity index (χ2v) is 4.95. The molecule has 0 saturated carbocycles. The Bertz CT molecular complexity index is 646. The number of para-hydroxylation sites is 1. The van der Waals surface area contributed by atoms with Gasteiger partial charge in [0.25, 0.3) is 5.69 Å². The van der Waals surface area contributed by atoms with Gasteiger partial charge in [-0.15, -0.1) is 0 Å². The molecule has 110 valence electrons. The Kier molecular flexibility index (Phi) is 4.65. The van der Waals surface area contributed by atoms with Gasteiger partial charge in [-0.2, -0.15) is 0 Å². The smallest absolute Gasteiger partial charge is 0.274 e. The molecule has 2 atom stereocenters. The van der Waals surface area contributed by atoms with E-state index in [2.05, 4.69) is 5.32 Å². The SMILES string of the molecule is CC(NC(C)c1ccccc1[N+](=O)[O-])c1ccccc1F. The fraction of sp³-hybridized carbons (Fsp3) is 0.250. The van der Waals surface area contributed by atoms with Crippen molar-refractivity contribution in [3.63, 3.8) is 0 Å². The first-order chi connectivity index (χ1) is 10.0. The van der Waals surface area contributed by atoms with Crippen LogP contribution < -0.4 is 5.32 Å². The molecule has 2 unspecified atom stereocenters. The van der Waals surface area contributed by atoms with Gasteiger partial charge < -0.3 is 5.32 Å². The molecule has 0 saturated heterocycles. The quantitative estimate of drug-likeness (QED) is 0.664. The molecule has 2 aromatic rings. The number of nitro benzene ring substituents is 1. The fourth-order valence-corrected chi connectivity index (χ4v) is 2.40. The van der Waals surface area contributed by atoms with Crippen LogP contribution in [-0.2, 0) is 0 Å². The van der Waals surface area contributed by atoms with Crippen LogP contribution in [0.1, 0.15) is 37.1 Å². The molecule has 21 heavy (non-hydrogen) atoms. The van der Waals surface area contributed by atoms with Gasteiger partial charge in [-0.1, -0.05) is 36.4 Å². The zero-order valence-corrected chi connectivity index (χ0v) is 11.9. The Morgan fingerprint density at radius 1 is 1.00 bits per heavy atom. The zero-order valence-electron chi connectivity index (χ0n) is 11.9. The highest BCUT2D eigenvalue weighted by Gasteiger charge is 2.20. The number of nitrogens with one attached hydrogen (secondary N) is 1. The first-order valence-corrected chi connectivity index (χ1v) is 6.74. The van der Waals surface area contributed by atoms with Crippen LogP contribution in [0.4, 0.5) is 10.1 Å². The third-order valence-corrected chi connectivity index (χ3v) is 3.47. The number of hydrogen-bond acceptors (Lipinski definition) is 3. The van der Waals surface area contributed by atoms with E-state index in [1.807, 2.05) is 13.8 Å². The second-order valence-electron chi connectivity index (χ2n) is 4.95. The Morgan fingerprint density at radius 3 is 2.14 bits per heavy atom. The molecule has 0 heterocycles. The van der Waals surface area contributed by atoms with E-state index in [1.54, 1.807) is 36.4 Å². The minimum Gasteiger partial charge on any atom is -0.303 e. The van der Waals surface area contributed by atoms with Gasteiger partial charge >= 0.3 is 0 Å². The number of nitrogens with zero attached hydrogens (tertiary/aromatic N) is 1. The predicted molar refractivity (Wildman–Crippen MR) is 79.5 cm³/mol. The topological polar surface area (TPSA) is 55.2 Å². The van der Waals surface area contributed by atoms with E-state index in [9.17, 15) is 14.5 Å². The Morgan fingerprint density at radius 2 is 1.52 bits per heavy atom. The first-order valence-electron chi connectivity index (χ1n) is 6.74. The van der Waals surface area contributed by atoms with Crippen LogP contribution in [0.5, 0.6) is 0 Å². The van der Waals surface area contributed by atoms with Crippen molar-refractivity contribution in [1.29, 1.82) is 0 Å². The van der Waals surface area contributed by atoms with E-state index in [4.69, 9.17) is 0 Å². The largest absolute Gasteiger partial charge is 0.303 e. The minimum atomic E-state index is -0.402. The van der Waals surface area contributed by atoms with Gasteiger partial charge in [0.15, 0.2) is 0 Å². The third kappa shape index (κ3) is 3.44. The third-order valence-electron chi connectivity index (χ3n) is 3.47. The summed E-state index contributed by atoms with van der Waals surface area (Å²) in [6, 6.07) is 12.6. The van der Waals surface area contributed by atoms with Crippen molar-refractivity contribution in [2.75, 3.05) is 0 Å². The first kappa shape index (κ1) is 15.1. The molecule has 0 aliphatic heterocycles. The summed E-state index contributed by atoms with van der Waals surface area (Å²) in [5, 5.41) is 14.3. The minimum absolute atomic E-state index is 0.0678. The molecule has 4 nitrogen and oxygen atoms in total. The van der Waals surface area contributed by atoms with Crippen molar-refractivity contribution < 1.29 is 9.31 Å². The summed E-state index contributed by atoms with van der Waals surface area (Å²) in [6.45, 7) is 3.67. The summed E-state index contributed by atoms with van der Waals surface area (Å²) in [5.41, 5.74) is 1.20. The van der Waals surface area contributed by atoms with Crippen molar-refractivity contribution in [2.24, 2.45) is 0 Å². The van der Waals surface area contributed by atoms with Crippen LogP contribution in [0.3, 0.4) is 0 Å². The van der Waals surface area contributed by atoms with Crippen molar-refractivity contribution in [2.45, 2.75) is 25.9 Å². The molecule has 2 rings (SSSR count). The Balaban J connectivity index is 2.21. The average molecular weight is 288 g/mol. The fourth-order valence-electron chi connectivity index (χ4n) is 2.40. The van der Waals surface area contributed by atoms with E-state index < -0.39 is 4.92 Å². The highest BCUT2D eigenvalue weighted by molar-refractivity contribution is 5.41. The summed E-state index contributed by atoms with van der Waals surface area (Å²) < 4.78 is 13.8. The number of halogens is 1. The summed E-state index contributed by atoms with van der Waals surface area (Å²) >= 11 is 0. The van der Waals surface area contributed by atoms with Crippen LogP contribution in [-0.4, -0.2) is 4.92 Å². The maximum atomic E-state index is 13.8. The molecular formula is C16H17FN2O2. The highest BCUT2D eigenvalue weighted by Crippen LogP contribution is 2.27. The maximum absolute atomic E-state index is 13.8. The molecule has 0 spiro atoms. The average Bonchev–Trinajstić information content (AvgIpc) is 2.47. The van der Waals surface area contributed by atoms with Crippen molar-refractivity contribution >= 4 is 5.69 Å². The Labute approximate surface area is 122 Å². The lowest BCUT2D eigenvalue weighted by molar-refractivity contribution is -0.385. The molecule has 0 aliphatic rings. The van der Waals surface area contributed by atoms with E-state index in [-0.39, 0.29) is 23.6 Å². The summed E-state index contributed by atoms with van der Waals surface area (Å²) in [5.74, 6) is -0.285. The predicted octanol–water partition coefficient (Wildman–Crippen LogP) is 4.15. The van der Waals surface area contributed by atoms with Crippen LogP contribution in [0.15, 0.2) is 48.5 Å². The molecule has 0 aromatic heterocycles. The van der Waals surface area contributed by atoms with Gasteiger partial charge in [-0.25, -0.2) is 4.39 Å². The van der Waals surface area contributed by atoms with Crippen LogP contribution in [0, 0.1) is 15.9 Å². The molecule has 0 aliphatic carbocycles. The molecule has 0 fully saturated rings. The maximum Gasteiger partial charge on any atom is 0.274 e. The van der Waals surface area contributed by atoms with E-state index in [1.165, 1.54) is 12.1 Å². The Hall–Kier alpha value is -2.27. The summed E-state index contributed by atoms with van der Waals surface area (Å²) in [4.78, 5) is 10.7. The number of rotatable bonds is 5. The monoisotopic (exact) mass is 288 g/mol. The van der Waals surface area contributed by atoms with E-state index in [0.717, 1.165) is 0 Å². The van der Waals surface area contributed by atoms with Crippen molar-refractivity contribution in [3.05, 3.63) is 75.6 Å². The van der Waals surface area contributed by atoms with Crippen LogP contribution in [0.2, 0.25) is 0 Å². The van der Waals surface area contributed by atoms with Gasteiger partial charge in [0.1, 0.15) is 5.82 Å². The molecule has 5 heteroatoms. The van der Waals surface area contributed by atoms with Gasteiger partial charge in [0, 0.05) is 29.3 Å². The van der Waals surface area contributed by atoms with Gasteiger partial charge in [-0.3, -0.25) is 10.1 Å². The van der Waals surface area contributed by atoms with Crippen molar-refractivity contribution in [1.82, 2.24) is 5.32 Å². The second kappa shape index (κ2) is 6.45. The number of nitro groups is 1. The lowest BCUT2D eigenvalue weighted by Gasteiger charge is -2.21. The number of benzene rings is 2. The number of hydrogen-bond donors (Lipinski definition) is 1. The lowest BCUT2D eigenvalue weighted by atomic mass is 10.0. The zero-order chi connectivity index (χ0) is 15.4. The summed E-state index contributed by atoms with van der Waals surface area (Å²) in [7, 11) is 0. The summed E-state index contributed by atoms with van der Waals surface area (Å²) in [6.07, 6.45) is 0. The molecular weight excluding hydrogens is 271 g/mol. The van der Waals surface area contributed by atoms with Gasteiger partial charge in [0.2, 0.25) is 0 Å². The van der Waals surface area contributed by atoms with Crippen molar-refractivity contribution in [3.8, 4) is 0 Å². The molecule has 0 bridgehead atoms. The van der Waals surface area contributed by atoms with Crippen LogP contribution >= 0.6 is 0 Å². The van der Waals surface area contributed by atoms with E-state index >= 15 is 0 Å². The highest BCUT2D eigenvalue weighted by atomic mass is 19.1. The van der Waals surface area contributed by atoms with Gasteiger partial charge in [-0.05, 0) is 19.9 Å². The van der Waals surface area contributed by atoms with E-state index in [0.29, 0.717) is 11.1 Å².